The van der Waals surface area contributed by atoms with E-state index in [0.29, 0.717) is 12.4 Å². The minimum atomic E-state index is -0.577. The topological polar surface area (TPSA) is 28.6 Å². The predicted molar refractivity (Wildman–Crippen MR) is 141 cm³/mol. The van der Waals surface area contributed by atoms with E-state index in [1.54, 1.807) is 0 Å². The fraction of sp³-hybridized carbons (Fsp3) is 0.179. The summed E-state index contributed by atoms with van der Waals surface area (Å²) < 4.78 is 8.37. The molecule has 0 saturated heterocycles. The van der Waals surface area contributed by atoms with Gasteiger partial charge in [-0.2, -0.15) is 3.22 Å². The van der Waals surface area contributed by atoms with Crippen LogP contribution in [0.3, 0.4) is 0 Å². The minimum Gasteiger partial charge on any atom is -0.475 e. The summed E-state index contributed by atoms with van der Waals surface area (Å²) in [4.78, 5) is 4.58. The van der Waals surface area contributed by atoms with Crippen molar-refractivity contribution < 1.29 is 4.74 Å². The third-order valence-electron chi connectivity index (χ3n) is 5.97. The Kier molecular flexibility index (Phi) is 6.08. The number of anilines is 1. The van der Waals surface area contributed by atoms with Crippen molar-refractivity contribution in [2.45, 2.75) is 32.0 Å². The van der Waals surface area contributed by atoms with Crippen molar-refractivity contribution in [1.29, 1.82) is 0 Å². The summed E-state index contributed by atoms with van der Waals surface area (Å²) in [5, 5.41) is 2.40. The Morgan fingerprint density at radius 1 is 0.788 bits per heavy atom. The highest BCUT2D eigenvalue weighted by Gasteiger charge is 2.48. The average molecular weight is 547 g/mol. The zero-order chi connectivity index (χ0) is 22.8. The average Bonchev–Trinajstić information content (AvgIpc) is 3.19. The Hall–Kier alpha value is -2.90. The number of hydrogen-bond donors (Lipinski definition) is 0. The summed E-state index contributed by atoms with van der Waals surface area (Å²) in [6.07, 6.45) is 1.91. The maximum absolute atomic E-state index is 6.12. The number of rotatable bonds is 6. The summed E-state index contributed by atoms with van der Waals surface area (Å²) >= 11 is 2.42. The molecule has 5 heteroatoms. The minimum absolute atomic E-state index is 0.0582. The van der Waals surface area contributed by atoms with Crippen molar-refractivity contribution in [1.82, 2.24) is 8.21 Å². The van der Waals surface area contributed by atoms with Gasteiger partial charge in [0, 0.05) is 29.1 Å². The van der Waals surface area contributed by atoms with E-state index in [1.165, 1.54) is 16.7 Å². The molecule has 33 heavy (non-hydrogen) atoms. The Balaban J connectivity index is 1.84. The standard InChI is InChI=1S/C28H26IN3O/c1-21(2)33-27-25-20-31(29)32(26(25)18-19-30-27)28(22-12-6-3-7-13-22,23-14-8-4-9-15-23)24-16-10-5-11-17-24/h3-19,21H,20H2,1-2H3. The molecule has 0 bridgehead atoms. The summed E-state index contributed by atoms with van der Waals surface area (Å²) in [5.74, 6) is 0.703. The van der Waals surface area contributed by atoms with Gasteiger partial charge in [0.2, 0.25) is 5.88 Å². The SMILES string of the molecule is CC(C)Oc1nccc2c1CN(I)N2C(c1ccccc1)(c1ccccc1)c1ccccc1. The Morgan fingerprint density at radius 2 is 1.27 bits per heavy atom. The van der Waals surface area contributed by atoms with Crippen LogP contribution in [0.2, 0.25) is 0 Å². The second-order valence-corrected chi connectivity index (χ2v) is 9.51. The van der Waals surface area contributed by atoms with Crippen molar-refractivity contribution in [3.63, 3.8) is 0 Å². The van der Waals surface area contributed by atoms with Gasteiger partial charge in [0.05, 0.1) is 23.9 Å². The number of ether oxygens (including phenoxy) is 1. The Bertz CT molecular complexity index is 1120. The molecule has 0 aliphatic carbocycles. The summed E-state index contributed by atoms with van der Waals surface area (Å²) in [6, 6.07) is 34.3. The monoisotopic (exact) mass is 547 g/mol. The third kappa shape index (κ3) is 3.79. The molecule has 4 aromatic rings. The van der Waals surface area contributed by atoms with Crippen molar-refractivity contribution in [3.05, 3.63) is 126 Å². The van der Waals surface area contributed by atoms with Crippen molar-refractivity contribution in [2.75, 3.05) is 5.01 Å². The molecule has 0 fully saturated rings. The number of pyridine rings is 1. The molecule has 2 heterocycles. The van der Waals surface area contributed by atoms with Gasteiger partial charge in [-0.25, -0.2) is 4.98 Å². The Labute approximate surface area is 209 Å². The first kappa shape index (κ1) is 21.9. The van der Waals surface area contributed by atoms with E-state index in [1.807, 2.05) is 20.0 Å². The maximum atomic E-state index is 6.12. The van der Waals surface area contributed by atoms with Gasteiger partial charge in [-0.3, -0.25) is 5.01 Å². The van der Waals surface area contributed by atoms with E-state index in [4.69, 9.17) is 4.74 Å². The molecule has 1 aliphatic heterocycles. The molecule has 0 atom stereocenters. The Morgan fingerprint density at radius 3 is 1.73 bits per heavy atom. The number of nitrogens with zero attached hydrogens (tertiary/aromatic N) is 3. The number of halogens is 1. The highest BCUT2D eigenvalue weighted by Crippen LogP contribution is 2.51. The number of benzene rings is 3. The van der Waals surface area contributed by atoms with Crippen molar-refractivity contribution in [3.8, 4) is 5.88 Å². The lowest BCUT2D eigenvalue weighted by atomic mass is 9.76. The molecule has 0 spiro atoms. The number of fused-ring (bicyclic) bond motifs is 1. The highest BCUT2D eigenvalue weighted by molar-refractivity contribution is 14.1. The lowest BCUT2D eigenvalue weighted by Gasteiger charge is -2.46. The van der Waals surface area contributed by atoms with Crippen LogP contribution >= 0.6 is 22.9 Å². The molecular formula is C28H26IN3O. The summed E-state index contributed by atoms with van der Waals surface area (Å²) in [7, 11) is 0. The van der Waals surface area contributed by atoms with Crippen LogP contribution in [-0.2, 0) is 12.1 Å². The lowest BCUT2D eigenvalue weighted by Crippen LogP contribution is -2.51. The van der Waals surface area contributed by atoms with Crippen LogP contribution in [0.5, 0.6) is 5.88 Å². The van der Waals surface area contributed by atoms with Crippen LogP contribution in [0.15, 0.2) is 103 Å². The molecule has 4 nitrogen and oxygen atoms in total. The van der Waals surface area contributed by atoms with Crippen LogP contribution in [0.25, 0.3) is 0 Å². The van der Waals surface area contributed by atoms with Crippen LogP contribution in [0, 0.1) is 0 Å². The largest absolute Gasteiger partial charge is 0.475 e. The van der Waals surface area contributed by atoms with Crippen molar-refractivity contribution >= 4 is 28.6 Å². The predicted octanol–water partition coefficient (Wildman–Crippen LogP) is 6.75. The first-order valence-electron chi connectivity index (χ1n) is 11.2. The van der Waals surface area contributed by atoms with Gasteiger partial charge in [-0.1, -0.05) is 91.0 Å². The van der Waals surface area contributed by atoms with E-state index in [-0.39, 0.29) is 6.10 Å². The number of hydrogen-bond acceptors (Lipinski definition) is 4. The second kappa shape index (κ2) is 9.15. The molecule has 0 saturated carbocycles. The molecule has 1 aromatic heterocycles. The van der Waals surface area contributed by atoms with Crippen LogP contribution in [-0.4, -0.2) is 14.3 Å². The smallest absolute Gasteiger partial charge is 0.220 e. The van der Waals surface area contributed by atoms with Crippen LogP contribution in [0.1, 0.15) is 36.1 Å². The second-order valence-electron chi connectivity index (χ2n) is 8.40. The first-order chi connectivity index (χ1) is 16.1. The molecule has 3 aromatic carbocycles. The van der Waals surface area contributed by atoms with Gasteiger partial charge >= 0.3 is 0 Å². The van der Waals surface area contributed by atoms with Gasteiger partial charge in [0.25, 0.3) is 0 Å². The van der Waals surface area contributed by atoms with E-state index >= 15 is 0 Å². The van der Waals surface area contributed by atoms with Crippen LogP contribution < -0.4 is 9.75 Å². The van der Waals surface area contributed by atoms with Gasteiger partial charge in [0.15, 0.2) is 0 Å². The molecular weight excluding hydrogens is 521 g/mol. The first-order valence-corrected chi connectivity index (χ1v) is 12.1. The van der Waals surface area contributed by atoms with E-state index in [0.717, 1.165) is 11.3 Å². The van der Waals surface area contributed by atoms with Crippen molar-refractivity contribution in [2.24, 2.45) is 0 Å². The molecule has 0 N–H and O–H groups in total. The summed E-state index contributed by atoms with van der Waals surface area (Å²) in [5.41, 5.74) is 5.21. The lowest BCUT2D eigenvalue weighted by molar-refractivity contribution is 0.230. The van der Waals surface area contributed by atoms with E-state index < -0.39 is 5.54 Å². The quantitative estimate of drug-likeness (QED) is 0.152. The third-order valence-corrected chi connectivity index (χ3v) is 6.74. The molecule has 0 radical (unpaired) electrons. The zero-order valence-corrected chi connectivity index (χ0v) is 20.9. The molecule has 0 unspecified atom stereocenters. The molecule has 1 aliphatic rings. The van der Waals surface area contributed by atoms with Crippen LogP contribution in [0.4, 0.5) is 5.69 Å². The molecule has 0 amide bonds. The fourth-order valence-corrected chi connectivity index (χ4v) is 5.60. The van der Waals surface area contributed by atoms with E-state index in [9.17, 15) is 0 Å². The fourth-order valence-electron chi connectivity index (χ4n) is 4.70. The summed E-state index contributed by atoms with van der Waals surface area (Å²) in [6.45, 7) is 4.79. The molecule has 166 valence electrons. The van der Waals surface area contributed by atoms with Gasteiger partial charge in [-0.15, -0.1) is 0 Å². The normalized spacial score (nSPS) is 13.9. The van der Waals surface area contributed by atoms with Gasteiger partial charge in [-0.05, 0) is 36.6 Å². The maximum Gasteiger partial charge on any atom is 0.220 e. The van der Waals surface area contributed by atoms with Gasteiger partial charge < -0.3 is 4.74 Å². The zero-order valence-electron chi connectivity index (χ0n) is 18.7. The number of aromatic nitrogens is 1. The highest BCUT2D eigenvalue weighted by atomic mass is 127. The number of hydrazine groups is 1. The van der Waals surface area contributed by atoms with Gasteiger partial charge in [0.1, 0.15) is 5.54 Å². The molecule has 5 rings (SSSR count). The van der Waals surface area contributed by atoms with E-state index in [2.05, 4.69) is 133 Å².